The monoisotopic (exact) mass is 377 g/mol. The molecule has 142 valence electrons. The molecule has 0 aliphatic rings. The maximum absolute atomic E-state index is 13.3. The highest BCUT2D eigenvalue weighted by Crippen LogP contribution is 2.28. The van der Waals surface area contributed by atoms with E-state index in [2.05, 4.69) is 10.9 Å². The van der Waals surface area contributed by atoms with Gasteiger partial charge in [-0.05, 0) is 37.3 Å². The average Bonchev–Trinajstić information content (AvgIpc) is 2.66. The van der Waals surface area contributed by atoms with E-state index in [0.717, 1.165) is 18.2 Å². The lowest BCUT2D eigenvalue weighted by Gasteiger charge is -2.11. The fraction of sp³-hybridized carbons (Fsp3) is 0.176. The second-order valence-electron chi connectivity index (χ2n) is 5.13. The van der Waals surface area contributed by atoms with Crippen LogP contribution in [0.5, 0.6) is 11.5 Å². The molecule has 2 rings (SSSR count). The predicted molar refractivity (Wildman–Crippen MR) is 92.1 cm³/mol. The summed E-state index contributed by atoms with van der Waals surface area (Å²) in [6.07, 6.45) is 0. The molecule has 0 radical (unpaired) electrons. The van der Waals surface area contributed by atoms with Gasteiger partial charge in [0, 0.05) is 17.2 Å². The maximum Gasteiger partial charge on any atom is 0.305 e. The number of hydrogen-bond acceptors (Lipinski definition) is 6. The number of halogens is 1. The summed E-state index contributed by atoms with van der Waals surface area (Å²) in [7, 11) is 1.42. The summed E-state index contributed by atoms with van der Waals surface area (Å²) in [6.45, 7) is 2.22. The summed E-state index contributed by atoms with van der Waals surface area (Å²) < 4.78 is 23.8. The summed E-state index contributed by atoms with van der Waals surface area (Å²) in [4.78, 5) is 33.9. The largest absolute Gasteiger partial charge is 0.493 e. The van der Waals surface area contributed by atoms with Gasteiger partial charge in [0.25, 0.3) is 11.8 Å². The number of benzene rings is 2. The zero-order valence-electron chi connectivity index (χ0n) is 14.4. The Kier molecular flexibility index (Phi) is 6.26. The number of nitro groups is 1. The topological polar surface area (TPSA) is 120 Å². The number of nitrogens with one attached hydrogen (secondary N) is 2. The summed E-state index contributed by atoms with van der Waals surface area (Å²) in [5.41, 5.74) is 3.42. The van der Waals surface area contributed by atoms with Crippen LogP contribution in [0.3, 0.4) is 0 Å². The van der Waals surface area contributed by atoms with Crippen LogP contribution in [-0.2, 0) is 0 Å². The van der Waals surface area contributed by atoms with Crippen molar-refractivity contribution in [3.63, 3.8) is 0 Å². The Morgan fingerprint density at radius 2 is 1.67 bits per heavy atom. The van der Waals surface area contributed by atoms with Crippen LogP contribution in [0.4, 0.5) is 10.1 Å². The second-order valence-corrected chi connectivity index (χ2v) is 5.13. The molecule has 0 unspecified atom stereocenters. The lowest BCUT2D eigenvalue weighted by atomic mass is 10.2. The first-order valence-electron chi connectivity index (χ1n) is 7.72. The highest BCUT2D eigenvalue weighted by molar-refractivity contribution is 5.99. The van der Waals surface area contributed by atoms with Crippen molar-refractivity contribution in [3.05, 3.63) is 63.5 Å². The van der Waals surface area contributed by atoms with E-state index in [9.17, 15) is 24.1 Å². The van der Waals surface area contributed by atoms with Gasteiger partial charge < -0.3 is 9.47 Å². The van der Waals surface area contributed by atoms with Gasteiger partial charge in [0.1, 0.15) is 0 Å². The van der Waals surface area contributed by atoms with Crippen LogP contribution < -0.4 is 20.3 Å². The van der Waals surface area contributed by atoms with Gasteiger partial charge in [-0.2, -0.15) is 4.39 Å². The van der Waals surface area contributed by atoms with Crippen molar-refractivity contribution in [1.29, 1.82) is 0 Å². The molecule has 0 aromatic heterocycles. The maximum atomic E-state index is 13.3. The van der Waals surface area contributed by atoms with Crippen LogP contribution in [0.1, 0.15) is 27.6 Å². The fourth-order valence-electron chi connectivity index (χ4n) is 2.14. The van der Waals surface area contributed by atoms with Crippen LogP contribution >= 0.6 is 0 Å². The molecule has 9 nitrogen and oxygen atoms in total. The summed E-state index contributed by atoms with van der Waals surface area (Å²) in [6, 6.07) is 7.07. The van der Waals surface area contributed by atoms with Crippen molar-refractivity contribution in [2.75, 3.05) is 13.7 Å². The second kappa shape index (κ2) is 8.61. The van der Waals surface area contributed by atoms with Gasteiger partial charge in [0.05, 0.1) is 18.6 Å². The Labute approximate surface area is 153 Å². The Bertz CT molecular complexity index is 887. The number of ether oxygens (including phenoxy) is 2. The number of amides is 2. The molecule has 2 amide bonds. The van der Waals surface area contributed by atoms with Gasteiger partial charge >= 0.3 is 5.69 Å². The number of hydrazine groups is 1. The van der Waals surface area contributed by atoms with Gasteiger partial charge in [-0.15, -0.1) is 0 Å². The molecular formula is C17H16FN3O6. The molecule has 2 aromatic rings. The number of carbonyl (C=O) groups is 2. The van der Waals surface area contributed by atoms with Crippen molar-refractivity contribution >= 4 is 17.5 Å². The zero-order valence-corrected chi connectivity index (χ0v) is 14.4. The van der Waals surface area contributed by atoms with Crippen molar-refractivity contribution in [1.82, 2.24) is 10.9 Å². The van der Waals surface area contributed by atoms with E-state index in [1.54, 1.807) is 13.0 Å². The van der Waals surface area contributed by atoms with Crippen molar-refractivity contribution < 1.29 is 28.4 Å². The van der Waals surface area contributed by atoms with E-state index in [-0.39, 0.29) is 11.1 Å². The van der Waals surface area contributed by atoms with Crippen molar-refractivity contribution in [2.24, 2.45) is 0 Å². The number of nitro benzene ring substituents is 1. The Morgan fingerprint density at radius 1 is 1.07 bits per heavy atom. The summed E-state index contributed by atoms with van der Waals surface area (Å²) >= 11 is 0. The highest BCUT2D eigenvalue weighted by Gasteiger charge is 2.18. The van der Waals surface area contributed by atoms with Crippen molar-refractivity contribution in [2.45, 2.75) is 6.92 Å². The van der Waals surface area contributed by atoms with E-state index in [4.69, 9.17) is 9.47 Å². The molecule has 0 saturated heterocycles. The third kappa shape index (κ3) is 4.69. The molecule has 0 spiro atoms. The highest BCUT2D eigenvalue weighted by atomic mass is 19.1. The smallest absolute Gasteiger partial charge is 0.305 e. The first-order chi connectivity index (χ1) is 12.9. The first kappa shape index (κ1) is 19.6. The zero-order chi connectivity index (χ0) is 20.0. The standard InChI is InChI=1S/C17H16FN3O6/c1-3-27-14-7-5-11(9-15(14)26-2)17(23)20-19-16(22)10-4-6-12(18)13(8-10)21(24)25/h4-9H,3H2,1-2H3,(H,19,22)(H,20,23). The fourth-order valence-corrected chi connectivity index (χ4v) is 2.14. The molecular weight excluding hydrogens is 361 g/mol. The van der Waals surface area contributed by atoms with Crippen LogP contribution in [0.25, 0.3) is 0 Å². The quantitative estimate of drug-likeness (QED) is 0.588. The minimum atomic E-state index is -1.07. The molecule has 0 saturated carbocycles. The van der Waals surface area contributed by atoms with Gasteiger partial charge in [-0.25, -0.2) is 0 Å². The molecule has 0 atom stereocenters. The SMILES string of the molecule is CCOc1ccc(C(=O)NNC(=O)c2ccc(F)c([N+](=O)[O-])c2)cc1OC. The molecule has 10 heteroatoms. The van der Waals surface area contributed by atoms with Crippen LogP contribution in [-0.4, -0.2) is 30.5 Å². The lowest BCUT2D eigenvalue weighted by molar-refractivity contribution is -0.387. The van der Waals surface area contributed by atoms with E-state index in [1.165, 1.54) is 19.2 Å². The third-order valence-corrected chi connectivity index (χ3v) is 3.42. The molecule has 2 aromatic carbocycles. The average molecular weight is 377 g/mol. The number of hydrogen-bond donors (Lipinski definition) is 2. The molecule has 0 fully saturated rings. The summed E-state index contributed by atoms with van der Waals surface area (Å²) in [5.74, 6) is -1.77. The number of methoxy groups -OCH3 is 1. The van der Waals surface area contributed by atoms with E-state index in [0.29, 0.717) is 18.1 Å². The molecule has 0 aliphatic carbocycles. The number of carbonyl (C=O) groups excluding carboxylic acids is 2. The van der Waals surface area contributed by atoms with Gasteiger partial charge in [-0.3, -0.25) is 30.6 Å². The minimum Gasteiger partial charge on any atom is -0.493 e. The van der Waals surface area contributed by atoms with Crippen LogP contribution in [0.2, 0.25) is 0 Å². The van der Waals surface area contributed by atoms with Crippen LogP contribution in [0.15, 0.2) is 36.4 Å². The van der Waals surface area contributed by atoms with Gasteiger partial charge in [0.15, 0.2) is 11.5 Å². The normalized spacial score (nSPS) is 10.0. The van der Waals surface area contributed by atoms with E-state index < -0.39 is 28.2 Å². The minimum absolute atomic E-state index is 0.181. The van der Waals surface area contributed by atoms with Gasteiger partial charge in [0.2, 0.25) is 5.82 Å². The predicted octanol–water partition coefficient (Wildman–Crippen LogP) is 2.22. The Balaban J connectivity index is 2.08. The third-order valence-electron chi connectivity index (χ3n) is 3.42. The molecule has 0 heterocycles. The number of nitrogens with zero attached hydrogens (tertiary/aromatic N) is 1. The Morgan fingerprint density at radius 3 is 2.22 bits per heavy atom. The molecule has 27 heavy (non-hydrogen) atoms. The first-order valence-corrected chi connectivity index (χ1v) is 7.72. The molecule has 2 N–H and O–H groups in total. The Hall–Kier alpha value is -3.69. The lowest BCUT2D eigenvalue weighted by Crippen LogP contribution is -2.41. The molecule has 0 bridgehead atoms. The van der Waals surface area contributed by atoms with E-state index >= 15 is 0 Å². The van der Waals surface area contributed by atoms with E-state index in [1.807, 2.05) is 0 Å². The van der Waals surface area contributed by atoms with Crippen molar-refractivity contribution in [3.8, 4) is 11.5 Å². The summed E-state index contributed by atoms with van der Waals surface area (Å²) in [5, 5.41) is 10.7. The molecule has 0 aliphatic heterocycles. The van der Waals surface area contributed by atoms with Gasteiger partial charge in [-0.1, -0.05) is 0 Å². The van der Waals surface area contributed by atoms with Crippen LogP contribution in [0, 0.1) is 15.9 Å². The number of rotatable bonds is 6.